The van der Waals surface area contributed by atoms with Gasteiger partial charge in [0.25, 0.3) is 0 Å². The maximum absolute atomic E-state index is 13.0. The Morgan fingerprint density at radius 2 is 1.93 bits per heavy atom. The molecule has 27 heavy (non-hydrogen) atoms. The van der Waals surface area contributed by atoms with Crippen LogP contribution in [0, 0.1) is 0 Å². The molecule has 6 nitrogen and oxygen atoms in total. The van der Waals surface area contributed by atoms with Crippen LogP contribution in [0.1, 0.15) is 29.9 Å². The summed E-state index contributed by atoms with van der Waals surface area (Å²) in [6.07, 6.45) is 4.28. The van der Waals surface area contributed by atoms with Crippen molar-refractivity contribution < 1.29 is 13.2 Å². The van der Waals surface area contributed by atoms with Crippen molar-refractivity contribution in [3.05, 3.63) is 77.9 Å². The first-order chi connectivity index (χ1) is 12.9. The van der Waals surface area contributed by atoms with E-state index in [0.29, 0.717) is 11.6 Å². The first-order valence-electron chi connectivity index (χ1n) is 8.67. The summed E-state index contributed by atoms with van der Waals surface area (Å²) in [5.74, 6) is 1.25. The zero-order chi connectivity index (χ0) is 19.4. The highest BCUT2D eigenvalue weighted by molar-refractivity contribution is 7.89. The Morgan fingerprint density at radius 3 is 2.52 bits per heavy atom. The minimum atomic E-state index is -3.74. The van der Waals surface area contributed by atoms with Crippen LogP contribution in [0.25, 0.3) is 0 Å². The predicted molar refractivity (Wildman–Crippen MR) is 104 cm³/mol. The Morgan fingerprint density at radius 1 is 1.19 bits per heavy atom. The lowest BCUT2D eigenvalue weighted by Crippen LogP contribution is -2.31. The van der Waals surface area contributed by atoms with Crippen LogP contribution in [-0.4, -0.2) is 25.1 Å². The molecule has 3 aromatic rings. The van der Waals surface area contributed by atoms with Crippen molar-refractivity contribution in [2.24, 2.45) is 7.05 Å². The number of imidazole rings is 1. The van der Waals surface area contributed by atoms with Gasteiger partial charge in [0.15, 0.2) is 0 Å². The van der Waals surface area contributed by atoms with Gasteiger partial charge in [-0.05, 0) is 41.8 Å². The number of rotatable bonds is 7. The van der Waals surface area contributed by atoms with E-state index in [1.54, 1.807) is 36.2 Å². The third-order valence-corrected chi connectivity index (χ3v) is 5.90. The zero-order valence-electron chi connectivity index (χ0n) is 15.6. The van der Waals surface area contributed by atoms with Gasteiger partial charge in [0.05, 0.1) is 12.0 Å². The summed E-state index contributed by atoms with van der Waals surface area (Å²) in [7, 11) is -0.328. The van der Waals surface area contributed by atoms with Crippen LogP contribution in [0.15, 0.2) is 65.8 Å². The van der Waals surface area contributed by atoms with Gasteiger partial charge in [0.1, 0.15) is 17.6 Å². The predicted octanol–water partition coefficient (Wildman–Crippen LogP) is 3.06. The average Bonchev–Trinajstić information content (AvgIpc) is 3.12. The van der Waals surface area contributed by atoms with E-state index in [-0.39, 0.29) is 4.90 Å². The van der Waals surface area contributed by atoms with Gasteiger partial charge < -0.3 is 9.30 Å². The van der Waals surface area contributed by atoms with E-state index in [2.05, 4.69) is 9.71 Å². The minimum Gasteiger partial charge on any atom is -0.497 e. The number of sulfonamides is 1. The Balaban J connectivity index is 2.01. The number of hydrogen-bond acceptors (Lipinski definition) is 4. The summed E-state index contributed by atoms with van der Waals surface area (Å²) in [6.45, 7) is 2.03. The summed E-state index contributed by atoms with van der Waals surface area (Å²) in [5.41, 5.74) is 1.83. The fourth-order valence-corrected chi connectivity index (χ4v) is 4.06. The van der Waals surface area contributed by atoms with Crippen LogP contribution in [0.5, 0.6) is 5.75 Å². The lowest BCUT2D eigenvalue weighted by molar-refractivity contribution is 0.413. The molecule has 1 N–H and O–H groups in total. The largest absolute Gasteiger partial charge is 0.497 e. The van der Waals surface area contributed by atoms with Crippen LogP contribution in [0.2, 0.25) is 0 Å². The molecule has 0 amide bonds. The molecule has 1 heterocycles. The fraction of sp³-hybridized carbons (Fsp3) is 0.250. The molecule has 7 heteroatoms. The molecule has 0 bridgehead atoms. The normalized spacial score (nSPS) is 12.7. The van der Waals surface area contributed by atoms with Gasteiger partial charge in [-0.1, -0.05) is 31.2 Å². The average molecular weight is 385 g/mol. The Bertz CT molecular complexity index is 1010. The van der Waals surface area contributed by atoms with E-state index in [1.165, 1.54) is 0 Å². The van der Waals surface area contributed by atoms with Gasteiger partial charge in [-0.25, -0.2) is 13.4 Å². The molecule has 0 aliphatic carbocycles. The number of methoxy groups -OCH3 is 1. The third kappa shape index (κ3) is 4.20. The Hall–Kier alpha value is -2.64. The molecule has 2 aromatic carbocycles. The number of hydrogen-bond donors (Lipinski definition) is 1. The standard InChI is InChI=1S/C20H23N3O3S/c1-4-15-8-10-18(11-9-15)27(24,25)22-19(20-21-12-13-23(20)2)16-6-5-7-17(14-16)26-3/h5-14,19,22H,4H2,1-3H3. The highest BCUT2D eigenvalue weighted by Gasteiger charge is 2.26. The number of aromatic nitrogens is 2. The molecule has 3 rings (SSSR count). The van der Waals surface area contributed by atoms with Crippen molar-refractivity contribution in [3.63, 3.8) is 0 Å². The SMILES string of the molecule is CCc1ccc(S(=O)(=O)NC(c2cccc(OC)c2)c2nccn2C)cc1. The van der Waals surface area contributed by atoms with Gasteiger partial charge in [-0.15, -0.1) is 0 Å². The summed E-state index contributed by atoms with van der Waals surface area (Å²) >= 11 is 0. The first-order valence-corrected chi connectivity index (χ1v) is 10.2. The molecule has 142 valence electrons. The number of ether oxygens (including phenoxy) is 1. The molecule has 0 saturated heterocycles. The summed E-state index contributed by atoms with van der Waals surface area (Å²) in [5, 5.41) is 0. The van der Waals surface area contributed by atoms with Crippen LogP contribution in [0.4, 0.5) is 0 Å². The molecule has 1 atom stereocenters. The molecular weight excluding hydrogens is 362 g/mol. The highest BCUT2D eigenvalue weighted by atomic mass is 32.2. The molecule has 0 saturated carbocycles. The number of aryl methyl sites for hydroxylation is 2. The van der Waals surface area contributed by atoms with Gasteiger partial charge in [-0.3, -0.25) is 0 Å². The molecule has 1 unspecified atom stereocenters. The fourth-order valence-electron chi connectivity index (χ4n) is 2.87. The van der Waals surface area contributed by atoms with E-state index in [0.717, 1.165) is 17.5 Å². The molecular formula is C20H23N3O3S. The smallest absolute Gasteiger partial charge is 0.241 e. The summed E-state index contributed by atoms with van der Waals surface area (Å²) in [6, 6.07) is 13.6. The van der Waals surface area contributed by atoms with Crippen molar-refractivity contribution in [2.45, 2.75) is 24.3 Å². The molecule has 0 aliphatic rings. The van der Waals surface area contributed by atoms with Crippen molar-refractivity contribution >= 4 is 10.0 Å². The Kier molecular flexibility index (Phi) is 5.62. The van der Waals surface area contributed by atoms with Gasteiger partial charge in [0.2, 0.25) is 10.0 Å². The minimum absolute atomic E-state index is 0.224. The van der Waals surface area contributed by atoms with E-state index >= 15 is 0 Å². The number of benzene rings is 2. The van der Waals surface area contributed by atoms with E-state index in [4.69, 9.17) is 4.74 Å². The molecule has 1 aromatic heterocycles. The molecule has 0 radical (unpaired) electrons. The monoisotopic (exact) mass is 385 g/mol. The maximum Gasteiger partial charge on any atom is 0.241 e. The lowest BCUT2D eigenvalue weighted by Gasteiger charge is -2.20. The summed E-state index contributed by atoms with van der Waals surface area (Å²) < 4.78 is 35.9. The van der Waals surface area contributed by atoms with Crippen molar-refractivity contribution in [1.82, 2.24) is 14.3 Å². The van der Waals surface area contributed by atoms with Crippen molar-refractivity contribution in [2.75, 3.05) is 7.11 Å². The second kappa shape index (κ2) is 7.94. The Labute approximate surface area is 159 Å². The van der Waals surface area contributed by atoms with Crippen LogP contribution < -0.4 is 9.46 Å². The third-order valence-electron chi connectivity index (χ3n) is 4.46. The lowest BCUT2D eigenvalue weighted by atomic mass is 10.1. The zero-order valence-corrected chi connectivity index (χ0v) is 16.4. The van der Waals surface area contributed by atoms with Gasteiger partial charge in [0, 0.05) is 19.4 Å². The number of nitrogens with zero attached hydrogens (tertiary/aromatic N) is 2. The maximum atomic E-state index is 13.0. The van der Waals surface area contributed by atoms with Crippen LogP contribution >= 0.6 is 0 Å². The van der Waals surface area contributed by atoms with Gasteiger partial charge in [-0.2, -0.15) is 4.72 Å². The summed E-state index contributed by atoms with van der Waals surface area (Å²) in [4.78, 5) is 4.57. The molecule has 0 fully saturated rings. The quantitative estimate of drug-likeness (QED) is 0.678. The van der Waals surface area contributed by atoms with E-state index < -0.39 is 16.1 Å². The first kappa shape index (κ1) is 19.1. The second-order valence-electron chi connectivity index (χ2n) is 6.22. The van der Waals surface area contributed by atoms with Gasteiger partial charge >= 0.3 is 0 Å². The van der Waals surface area contributed by atoms with Crippen molar-refractivity contribution in [1.29, 1.82) is 0 Å². The van der Waals surface area contributed by atoms with E-state index in [9.17, 15) is 8.42 Å². The van der Waals surface area contributed by atoms with Crippen LogP contribution in [0.3, 0.4) is 0 Å². The topological polar surface area (TPSA) is 73.2 Å². The highest BCUT2D eigenvalue weighted by Crippen LogP contribution is 2.26. The molecule has 0 aliphatic heterocycles. The van der Waals surface area contributed by atoms with Crippen LogP contribution in [-0.2, 0) is 23.5 Å². The van der Waals surface area contributed by atoms with E-state index in [1.807, 2.05) is 50.4 Å². The number of nitrogens with one attached hydrogen (secondary N) is 1. The van der Waals surface area contributed by atoms with Crippen molar-refractivity contribution in [3.8, 4) is 5.75 Å². The second-order valence-corrected chi connectivity index (χ2v) is 7.94. The molecule has 0 spiro atoms.